The Bertz CT molecular complexity index is 668. The van der Waals surface area contributed by atoms with Crippen LogP contribution in [0.2, 0.25) is 0 Å². The van der Waals surface area contributed by atoms with Gasteiger partial charge in [-0.1, -0.05) is 31.9 Å². The lowest BCUT2D eigenvalue weighted by Crippen LogP contribution is -2.54. The molecule has 0 saturated heterocycles. The van der Waals surface area contributed by atoms with E-state index in [1.165, 1.54) is 5.57 Å². The molecule has 2 radical (unpaired) electrons. The van der Waals surface area contributed by atoms with E-state index in [1.807, 2.05) is 0 Å². The van der Waals surface area contributed by atoms with Crippen molar-refractivity contribution in [2.75, 3.05) is 6.61 Å². The first-order chi connectivity index (χ1) is 12.5. The largest absolute Gasteiger partial charge is 0.377 e. The molecule has 0 amide bonds. The molecule has 0 aliphatic heterocycles. The Hall–Kier alpha value is -1.04. The molecule has 4 aliphatic carbocycles. The van der Waals surface area contributed by atoms with Crippen LogP contribution < -0.4 is 0 Å². The first-order valence-electron chi connectivity index (χ1n) is 10.5. The maximum atomic E-state index is 11.6. The highest BCUT2D eigenvalue weighted by Gasteiger charge is 2.66. The van der Waals surface area contributed by atoms with Gasteiger partial charge in [-0.25, -0.2) is 5.11 Å². The smallest absolute Gasteiger partial charge is 0.133 e. The molecular formula is C24H32O2. The first kappa shape index (κ1) is 18.3. The highest BCUT2D eigenvalue weighted by molar-refractivity contribution is 5.35. The molecule has 7 atom stereocenters. The van der Waals surface area contributed by atoms with Gasteiger partial charge in [-0.15, -0.1) is 6.42 Å². The molecule has 26 heavy (non-hydrogen) atoms. The van der Waals surface area contributed by atoms with Crippen molar-refractivity contribution >= 4 is 0 Å². The molecule has 2 nitrogen and oxygen atoms in total. The Morgan fingerprint density at radius 1 is 1.38 bits per heavy atom. The topological polar surface area (TPSA) is 40.1 Å². The van der Waals surface area contributed by atoms with E-state index in [-0.39, 0.29) is 17.9 Å². The third-order valence-corrected chi connectivity index (χ3v) is 8.69. The van der Waals surface area contributed by atoms with Crippen LogP contribution in [-0.4, -0.2) is 17.3 Å². The summed E-state index contributed by atoms with van der Waals surface area (Å²) in [6.07, 6.45) is 18.6. The highest BCUT2D eigenvalue weighted by atomic mass is 16.3. The van der Waals surface area contributed by atoms with Gasteiger partial charge < -0.3 is 5.11 Å². The lowest BCUT2D eigenvalue weighted by Gasteiger charge is -2.55. The lowest BCUT2D eigenvalue weighted by atomic mass is 9.50. The van der Waals surface area contributed by atoms with Gasteiger partial charge in [0.1, 0.15) is 12.2 Å². The minimum atomic E-state index is -0.995. The summed E-state index contributed by atoms with van der Waals surface area (Å²) in [5, 5.41) is 22.9. The quantitative estimate of drug-likeness (QED) is 0.733. The average Bonchev–Trinajstić information content (AvgIpc) is 2.96. The van der Waals surface area contributed by atoms with Crippen LogP contribution in [-0.2, 0) is 5.11 Å². The van der Waals surface area contributed by atoms with Gasteiger partial charge in [0.15, 0.2) is 0 Å². The first-order valence-corrected chi connectivity index (χ1v) is 10.5. The van der Waals surface area contributed by atoms with Crippen LogP contribution in [0.3, 0.4) is 0 Å². The van der Waals surface area contributed by atoms with Crippen molar-refractivity contribution in [2.24, 2.45) is 35.0 Å². The minimum Gasteiger partial charge on any atom is -0.377 e. The van der Waals surface area contributed by atoms with Gasteiger partial charge in [0.05, 0.1) is 0 Å². The van der Waals surface area contributed by atoms with Crippen molar-refractivity contribution in [3.05, 3.63) is 30.2 Å². The molecule has 4 unspecified atom stereocenters. The number of hydrogen-bond acceptors (Lipinski definition) is 1. The molecule has 0 heterocycles. The molecule has 0 aromatic rings. The molecule has 2 heteroatoms. The molecule has 1 N–H and O–H groups in total. The van der Waals surface area contributed by atoms with Crippen LogP contribution in [0.25, 0.3) is 0 Å². The van der Waals surface area contributed by atoms with E-state index in [4.69, 9.17) is 6.42 Å². The summed E-state index contributed by atoms with van der Waals surface area (Å²) >= 11 is 0. The van der Waals surface area contributed by atoms with Gasteiger partial charge >= 0.3 is 0 Å². The van der Waals surface area contributed by atoms with E-state index >= 15 is 0 Å². The minimum absolute atomic E-state index is 0.0554. The van der Waals surface area contributed by atoms with Gasteiger partial charge in [0.25, 0.3) is 0 Å². The molecule has 4 rings (SSSR count). The van der Waals surface area contributed by atoms with Crippen LogP contribution in [0.1, 0.15) is 58.3 Å². The molecule has 2 fully saturated rings. The number of allylic oxidation sites excluding steroid dienone is 3. The normalized spacial score (nSPS) is 47.1. The van der Waals surface area contributed by atoms with E-state index in [2.05, 4.69) is 31.9 Å². The van der Waals surface area contributed by atoms with Gasteiger partial charge in [0, 0.05) is 5.41 Å². The number of aliphatic hydroxyl groups is 1. The van der Waals surface area contributed by atoms with Crippen LogP contribution in [0.15, 0.2) is 23.3 Å². The third kappa shape index (κ3) is 2.26. The summed E-state index contributed by atoms with van der Waals surface area (Å²) in [6.45, 7) is 6.28. The Labute approximate surface area is 158 Å². The predicted molar refractivity (Wildman–Crippen MR) is 103 cm³/mol. The standard InChI is InChI=1S/C24H32O2/c1-4-18-14-22-21-10-8-17-13-16(15-25)7-9-19(17)20(21)11-12-23(22,5-2)24(18,26)6-3/h3,8,13,18-22,26H,1,4-5,7,9-12,14-15H2,2H3/t18?,19-,20?,21?,22?,23-,24-/m0/s1. The Kier molecular flexibility index (Phi) is 4.61. The van der Waals surface area contributed by atoms with Crippen molar-refractivity contribution in [3.8, 4) is 12.3 Å². The van der Waals surface area contributed by atoms with Crippen LogP contribution in [0.5, 0.6) is 0 Å². The van der Waals surface area contributed by atoms with Crippen molar-refractivity contribution in [1.29, 1.82) is 0 Å². The summed E-state index contributed by atoms with van der Waals surface area (Å²) in [5.74, 6) is 5.40. The van der Waals surface area contributed by atoms with E-state index < -0.39 is 5.60 Å². The molecule has 0 aromatic carbocycles. The van der Waals surface area contributed by atoms with E-state index in [0.717, 1.165) is 56.9 Å². The summed E-state index contributed by atoms with van der Waals surface area (Å²) in [7, 11) is 0. The highest BCUT2D eigenvalue weighted by Crippen LogP contribution is 2.67. The predicted octanol–water partition coefficient (Wildman–Crippen LogP) is 4.73. The SMILES string of the molecule is C#C[C@]1(O)C(C[CH2])CC2C3CC=C4C=C(C[O])CC[C@@H]4C3CC[C@@]21CC. The van der Waals surface area contributed by atoms with Gasteiger partial charge in [-0.2, -0.15) is 0 Å². The zero-order valence-electron chi connectivity index (χ0n) is 16.0. The molecule has 4 aliphatic rings. The van der Waals surface area contributed by atoms with Crippen molar-refractivity contribution < 1.29 is 10.2 Å². The van der Waals surface area contributed by atoms with E-state index in [9.17, 15) is 10.2 Å². The summed E-state index contributed by atoms with van der Waals surface area (Å²) in [6, 6.07) is 0. The number of terminal acetylenes is 1. The fraction of sp³-hybridized carbons (Fsp3) is 0.708. The van der Waals surface area contributed by atoms with Crippen molar-refractivity contribution in [2.45, 2.75) is 63.9 Å². The molecular weight excluding hydrogens is 320 g/mol. The lowest BCUT2D eigenvalue weighted by molar-refractivity contribution is -0.106. The van der Waals surface area contributed by atoms with Crippen LogP contribution in [0, 0.1) is 54.3 Å². The van der Waals surface area contributed by atoms with Crippen LogP contribution >= 0.6 is 0 Å². The third-order valence-electron chi connectivity index (χ3n) is 8.69. The molecule has 0 spiro atoms. The van der Waals surface area contributed by atoms with Gasteiger partial charge in [0.2, 0.25) is 0 Å². The summed E-state index contributed by atoms with van der Waals surface area (Å²) in [4.78, 5) is 0. The maximum absolute atomic E-state index is 11.6. The summed E-state index contributed by atoms with van der Waals surface area (Å²) < 4.78 is 0. The second-order valence-electron chi connectivity index (χ2n) is 9.15. The number of rotatable bonds is 3. The van der Waals surface area contributed by atoms with Crippen LogP contribution in [0.4, 0.5) is 0 Å². The molecule has 0 aromatic heterocycles. The fourth-order valence-electron chi connectivity index (χ4n) is 7.40. The number of hydrogen-bond donors (Lipinski definition) is 1. The monoisotopic (exact) mass is 352 g/mol. The molecule has 140 valence electrons. The molecule has 2 saturated carbocycles. The Morgan fingerprint density at radius 3 is 2.85 bits per heavy atom. The summed E-state index contributed by atoms with van der Waals surface area (Å²) in [5.41, 5.74) is 1.36. The van der Waals surface area contributed by atoms with Gasteiger partial charge in [-0.05, 0) is 92.1 Å². The van der Waals surface area contributed by atoms with E-state index in [1.54, 1.807) is 0 Å². The zero-order chi connectivity index (χ0) is 18.5. The maximum Gasteiger partial charge on any atom is 0.133 e. The van der Waals surface area contributed by atoms with E-state index in [0.29, 0.717) is 23.7 Å². The van der Waals surface area contributed by atoms with Gasteiger partial charge in [-0.3, -0.25) is 0 Å². The fourth-order valence-corrected chi connectivity index (χ4v) is 7.40. The Morgan fingerprint density at radius 2 is 2.19 bits per heavy atom. The number of fused-ring (bicyclic) bond motifs is 5. The molecule has 0 bridgehead atoms. The second-order valence-corrected chi connectivity index (χ2v) is 9.15. The average molecular weight is 353 g/mol. The zero-order valence-corrected chi connectivity index (χ0v) is 16.0. The second kappa shape index (κ2) is 6.54. The van der Waals surface area contributed by atoms with Crippen molar-refractivity contribution in [1.82, 2.24) is 0 Å². The van der Waals surface area contributed by atoms with Crippen molar-refractivity contribution in [3.63, 3.8) is 0 Å². The Balaban J connectivity index is 1.70.